The fourth-order valence-electron chi connectivity index (χ4n) is 3.53. The van der Waals surface area contributed by atoms with Crippen LogP contribution in [0.3, 0.4) is 0 Å². The van der Waals surface area contributed by atoms with E-state index in [-0.39, 0.29) is 4.90 Å². The van der Waals surface area contributed by atoms with Crippen molar-refractivity contribution in [3.8, 4) is 11.5 Å². The van der Waals surface area contributed by atoms with Crippen LogP contribution in [0.15, 0.2) is 108 Å². The van der Waals surface area contributed by atoms with E-state index in [1.807, 2.05) is 50.2 Å². The minimum atomic E-state index is -3.99. The highest BCUT2D eigenvalue weighted by molar-refractivity contribution is 7.92. The molecule has 0 fully saturated rings. The normalized spacial score (nSPS) is 11.0. The number of benzene rings is 4. The van der Waals surface area contributed by atoms with Crippen LogP contribution in [0.4, 0.5) is 11.4 Å². The molecule has 178 valence electrons. The Morgan fingerprint density at radius 2 is 1.49 bits per heavy atom. The molecule has 7 heteroatoms. The van der Waals surface area contributed by atoms with Gasteiger partial charge in [0.1, 0.15) is 12.3 Å². The second kappa shape index (κ2) is 10.4. The Hall–Kier alpha value is -4.10. The van der Waals surface area contributed by atoms with Crippen LogP contribution in [0.1, 0.15) is 11.1 Å². The number of amides is 1. The standard InChI is InChI=1S/C28H26N2O4S/c1-21-15-17-25(18-16-21)35(32,33)30(23-10-8-9-22(2)19-23)20-28(31)29-26-13-6-7-14-27(26)34-24-11-4-3-5-12-24/h3-19H,20H2,1-2H3,(H,29,31). The molecule has 1 N–H and O–H groups in total. The highest BCUT2D eigenvalue weighted by Gasteiger charge is 2.27. The molecule has 0 aliphatic heterocycles. The Kier molecular flexibility index (Phi) is 7.17. The first-order chi connectivity index (χ1) is 16.8. The highest BCUT2D eigenvalue weighted by atomic mass is 32.2. The van der Waals surface area contributed by atoms with E-state index >= 15 is 0 Å². The molecule has 35 heavy (non-hydrogen) atoms. The number of carbonyl (C=O) groups excluding carboxylic acids is 1. The van der Waals surface area contributed by atoms with E-state index in [0.29, 0.717) is 22.9 Å². The quantitative estimate of drug-likeness (QED) is 0.335. The van der Waals surface area contributed by atoms with Gasteiger partial charge in [0.2, 0.25) is 5.91 Å². The zero-order valence-corrected chi connectivity index (χ0v) is 20.3. The highest BCUT2D eigenvalue weighted by Crippen LogP contribution is 2.30. The van der Waals surface area contributed by atoms with Gasteiger partial charge >= 0.3 is 0 Å². The third kappa shape index (κ3) is 5.88. The molecular weight excluding hydrogens is 460 g/mol. The molecule has 0 atom stereocenters. The molecule has 0 bridgehead atoms. The molecular formula is C28H26N2O4S. The van der Waals surface area contributed by atoms with Gasteiger partial charge in [-0.3, -0.25) is 9.10 Å². The van der Waals surface area contributed by atoms with Gasteiger partial charge in [-0.25, -0.2) is 8.42 Å². The van der Waals surface area contributed by atoms with Gasteiger partial charge in [-0.05, 0) is 67.9 Å². The summed E-state index contributed by atoms with van der Waals surface area (Å²) >= 11 is 0. The molecule has 0 aliphatic carbocycles. The lowest BCUT2D eigenvalue weighted by molar-refractivity contribution is -0.114. The third-order valence-electron chi connectivity index (χ3n) is 5.32. The van der Waals surface area contributed by atoms with Crippen molar-refractivity contribution in [3.63, 3.8) is 0 Å². The zero-order chi connectivity index (χ0) is 24.8. The van der Waals surface area contributed by atoms with E-state index in [2.05, 4.69) is 5.32 Å². The van der Waals surface area contributed by atoms with E-state index < -0.39 is 22.5 Å². The summed E-state index contributed by atoms with van der Waals surface area (Å²) in [5.74, 6) is 0.583. The lowest BCUT2D eigenvalue weighted by Crippen LogP contribution is -2.38. The molecule has 0 saturated heterocycles. The number of hydrogen-bond donors (Lipinski definition) is 1. The predicted octanol–water partition coefficient (Wildman–Crippen LogP) is 5.93. The monoisotopic (exact) mass is 486 g/mol. The van der Waals surface area contributed by atoms with Crippen LogP contribution in [0.2, 0.25) is 0 Å². The number of hydrogen-bond acceptors (Lipinski definition) is 4. The lowest BCUT2D eigenvalue weighted by atomic mass is 10.2. The van der Waals surface area contributed by atoms with Crippen molar-refractivity contribution < 1.29 is 17.9 Å². The van der Waals surface area contributed by atoms with Crippen molar-refractivity contribution in [2.75, 3.05) is 16.2 Å². The number of ether oxygens (including phenoxy) is 1. The van der Waals surface area contributed by atoms with Crippen LogP contribution in [0.25, 0.3) is 0 Å². The van der Waals surface area contributed by atoms with E-state index in [1.165, 1.54) is 0 Å². The van der Waals surface area contributed by atoms with Crippen molar-refractivity contribution in [1.82, 2.24) is 0 Å². The van der Waals surface area contributed by atoms with Crippen molar-refractivity contribution in [2.24, 2.45) is 0 Å². The van der Waals surface area contributed by atoms with Crippen LogP contribution < -0.4 is 14.4 Å². The third-order valence-corrected chi connectivity index (χ3v) is 7.11. The number of nitrogens with one attached hydrogen (secondary N) is 1. The fourth-order valence-corrected chi connectivity index (χ4v) is 4.94. The summed E-state index contributed by atoms with van der Waals surface area (Å²) < 4.78 is 34.2. The van der Waals surface area contributed by atoms with Crippen molar-refractivity contribution in [2.45, 2.75) is 18.7 Å². The fraction of sp³-hybridized carbons (Fsp3) is 0.107. The maximum absolute atomic E-state index is 13.6. The second-order valence-electron chi connectivity index (χ2n) is 8.12. The van der Waals surface area contributed by atoms with E-state index in [0.717, 1.165) is 15.4 Å². The minimum absolute atomic E-state index is 0.116. The first kappa shape index (κ1) is 24.0. The van der Waals surface area contributed by atoms with Gasteiger partial charge in [-0.1, -0.05) is 60.2 Å². The van der Waals surface area contributed by atoms with E-state index in [9.17, 15) is 13.2 Å². The number of sulfonamides is 1. The predicted molar refractivity (Wildman–Crippen MR) is 138 cm³/mol. The minimum Gasteiger partial charge on any atom is -0.455 e. The summed E-state index contributed by atoms with van der Waals surface area (Å²) in [5.41, 5.74) is 2.68. The van der Waals surface area contributed by atoms with Crippen LogP contribution in [0, 0.1) is 13.8 Å². The molecule has 0 aromatic heterocycles. The van der Waals surface area contributed by atoms with Gasteiger partial charge in [-0.15, -0.1) is 0 Å². The first-order valence-electron chi connectivity index (χ1n) is 11.1. The molecule has 1 amide bonds. The molecule has 6 nitrogen and oxygen atoms in total. The topological polar surface area (TPSA) is 75.7 Å². The van der Waals surface area contributed by atoms with Gasteiger partial charge in [0.25, 0.3) is 10.0 Å². The average Bonchev–Trinajstić information content (AvgIpc) is 2.84. The Morgan fingerprint density at radius 3 is 2.20 bits per heavy atom. The smallest absolute Gasteiger partial charge is 0.264 e. The first-order valence-corrected chi connectivity index (χ1v) is 12.5. The summed E-state index contributed by atoms with van der Waals surface area (Å²) in [6, 6.07) is 29.9. The average molecular weight is 487 g/mol. The Morgan fingerprint density at radius 1 is 0.800 bits per heavy atom. The Bertz CT molecular complexity index is 1420. The Labute approximate surface area is 205 Å². The molecule has 4 rings (SSSR count). The number of rotatable bonds is 8. The van der Waals surface area contributed by atoms with Crippen LogP contribution in [-0.4, -0.2) is 20.9 Å². The summed E-state index contributed by atoms with van der Waals surface area (Å²) in [5, 5.41) is 2.81. The summed E-state index contributed by atoms with van der Waals surface area (Å²) in [6.45, 7) is 3.36. The number of carbonyl (C=O) groups is 1. The molecule has 0 aliphatic rings. The maximum Gasteiger partial charge on any atom is 0.264 e. The number of anilines is 2. The maximum atomic E-state index is 13.6. The van der Waals surface area contributed by atoms with Crippen LogP contribution in [-0.2, 0) is 14.8 Å². The molecule has 0 spiro atoms. The number of para-hydroxylation sites is 3. The second-order valence-corrected chi connectivity index (χ2v) is 9.99. The van der Waals surface area contributed by atoms with E-state index in [1.54, 1.807) is 66.7 Å². The van der Waals surface area contributed by atoms with E-state index in [4.69, 9.17) is 4.74 Å². The molecule has 4 aromatic carbocycles. The van der Waals surface area contributed by atoms with Crippen molar-refractivity contribution in [3.05, 3.63) is 114 Å². The molecule has 0 saturated carbocycles. The largest absolute Gasteiger partial charge is 0.455 e. The zero-order valence-electron chi connectivity index (χ0n) is 19.5. The summed E-state index contributed by atoms with van der Waals surface area (Å²) in [7, 11) is -3.99. The van der Waals surface area contributed by atoms with Gasteiger partial charge in [-0.2, -0.15) is 0 Å². The van der Waals surface area contributed by atoms with Gasteiger partial charge in [0.15, 0.2) is 5.75 Å². The SMILES string of the molecule is Cc1ccc(S(=O)(=O)N(CC(=O)Nc2ccccc2Oc2ccccc2)c2cccc(C)c2)cc1. The molecule has 0 radical (unpaired) electrons. The van der Waals surface area contributed by atoms with Crippen LogP contribution in [0.5, 0.6) is 11.5 Å². The van der Waals surface area contributed by atoms with Crippen LogP contribution >= 0.6 is 0 Å². The summed E-state index contributed by atoms with van der Waals surface area (Å²) in [6.07, 6.45) is 0. The summed E-state index contributed by atoms with van der Waals surface area (Å²) in [4.78, 5) is 13.3. The lowest BCUT2D eigenvalue weighted by Gasteiger charge is -2.24. The Balaban J connectivity index is 1.62. The van der Waals surface area contributed by atoms with Crippen molar-refractivity contribution in [1.29, 1.82) is 0 Å². The molecule has 0 unspecified atom stereocenters. The van der Waals surface area contributed by atoms with Gasteiger partial charge in [0.05, 0.1) is 16.3 Å². The molecule has 4 aromatic rings. The number of aryl methyl sites for hydroxylation is 2. The van der Waals surface area contributed by atoms with Gasteiger partial charge < -0.3 is 10.1 Å². The molecule has 0 heterocycles. The number of nitrogens with zero attached hydrogens (tertiary/aromatic N) is 1. The van der Waals surface area contributed by atoms with Crippen molar-refractivity contribution >= 4 is 27.3 Å². The van der Waals surface area contributed by atoms with Gasteiger partial charge in [0, 0.05) is 0 Å².